The molecule has 2 aromatic carbocycles. The third-order valence-electron chi connectivity index (χ3n) is 4.21. The van der Waals surface area contributed by atoms with E-state index in [1.807, 2.05) is 0 Å². The maximum absolute atomic E-state index is 12.0. The molecule has 8 heteroatoms. The maximum atomic E-state index is 12.0. The monoisotopic (exact) mass is 562 g/mol. The molecule has 4 nitrogen and oxygen atoms in total. The lowest BCUT2D eigenvalue weighted by atomic mass is 10.1. The number of unbranched alkanes of at least 4 members (excludes halogenated alkanes) is 4. The van der Waals surface area contributed by atoms with E-state index in [9.17, 15) is 9.59 Å². The topological polar surface area (TPSA) is 58.2 Å². The van der Waals surface area contributed by atoms with Crippen molar-refractivity contribution in [1.82, 2.24) is 0 Å². The van der Waals surface area contributed by atoms with Gasteiger partial charge in [-0.25, -0.2) is 0 Å². The number of rotatable bonds is 10. The first-order chi connectivity index (χ1) is 13.8. The number of hydrogen-bond donors (Lipinski definition) is 2. The first-order valence-corrected chi connectivity index (χ1v) is 11.7. The molecule has 0 unspecified atom stereocenters. The number of anilines is 2. The van der Waals surface area contributed by atoms with Crippen LogP contribution in [0.2, 0.25) is 10.0 Å². The predicted molar refractivity (Wildman–Crippen MR) is 128 cm³/mol. The van der Waals surface area contributed by atoms with Crippen molar-refractivity contribution in [2.75, 3.05) is 10.6 Å². The summed E-state index contributed by atoms with van der Waals surface area (Å²) in [6, 6.07) is 10.7. The minimum atomic E-state index is -0.0177. The Kier molecular flexibility index (Phi) is 10.5. The van der Waals surface area contributed by atoms with Gasteiger partial charge in [0.25, 0.3) is 0 Å². The van der Waals surface area contributed by atoms with Crippen molar-refractivity contribution in [3.05, 3.63) is 55.4 Å². The SMILES string of the molecule is O=C(CCCCCCCC(=O)Nc1ccc(Br)c(Cl)c1)Nc1ccc(Br)c(Cl)c1. The highest BCUT2D eigenvalue weighted by Crippen LogP contribution is 2.26. The van der Waals surface area contributed by atoms with E-state index in [2.05, 4.69) is 42.5 Å². The van der Waals surface area contributed by atoms with E-state index in [4.69, 9.17) is 23.2 Å². The van der Waals surface area contributed by atoms with Crippen LogP contribution in [0.3, 0.4) is 0 Å². The van der Waals surface area contributed by atoms with Gasteiger partial charge in [-0.15, -0.1) is 0 Å². The second-order valence-corrected chi connectivity index (χ2v) is 9.14. The summed E-state index contributed by atoms with van der Waals surface area (Å²) < 4.78 is 1.60. The summed E-state index contributed by atoms with van der Waals surface area (Å²) in [7, 11) is 0. The van der Waals surface area contributed by atoms with Crippen LogP contribution in [0.15, 0.2) is 45.3 Å². The summed E-state index contributed by atoms with van der Waals surface area (Å²) in [5, 5.41) is 6.83. The van der Waals surface area contributed by atoms with E-state index in [0.29, 0.717) is 34.3 Å². The molecule has 0 radical (unpaired) electrons. The average molecular weight is 565 g/mol. The number of hydrogen-bond acceptors (Lipinski definition) is 2. The Hall–Kier alpha value is -1.08. The summed E-state index contributed by atoms with van der Waals surface area (Å²) in [6.45, 7) is 0. The van der Waals surface area contributed by atoms with Crippen molar-refractivity contribution in [3.63, 3.8) is 0 Å². The first kappa shape index (κ1) is 24.2. The van der Waals surface area contributed by atoms with Crippen molar-refractivity contribution in [1.29, 1.82) is 0 Å². The van der Waals surface area contributed by atoms with Crippen molar-refractivity contribution < 1.29 is 9.59 Å². The van der Waals surface area contributed by atoms with Gasteiger partial charge in [-0.3, -0.25) is 9.59 Å². The molecule has 0 aliphatic carbocycles. The van der Waals surface area contributed by atoms with Crippen molar-refractivity contribution in [2.24, 2.45) is 0 Å². The molecule has 2 rings (SSSR count). The Labute approximate surface area is 198 Å². The molecule has 0 aliphatic heterocycles. The fourth-order valence-electron chi connectivity index (χ4n) is 2.70. The second kappa shape index (κ2) is 12.6. The van der Waals surface area contributed by atoms with Crippen LogP contribution >= 0.6 is 55.1 Å². The van der Waals surface area contributed by atoms with Crippen molar-refractivity contribution in [2.45, 2.75) is 44.9 Å². The largest absolute Gasteiger partial charge is 0.326 e. The zero-order valence-electron chi connectivity index (χ0n) is 15.7. The van der Waals surface area contributed by atoms with Gasteiger partial charge in [-0.1, -0.05) is 42.5 Å². The van der Waals surface area contributed by atoms with Crippen LogP contribution in [0.1, 0.15) is 44.9 Å². The Morgan fingerprint density at radius 2 is 1.07 bits per heavy atom. The Morgan fingerprint density at radius 3 is 1.45 bits per heavy atom. The van der Waals surface area contributed by atoms with E-state index in [-0.39, 0.29) is 11.8 Å². The average Bonchev–Trinajstić information content (AvgIpc) is 2.67. The van der Waals surface area contributed by atoms with Crippen molar-refractivity contribution >= 4 is 78.3 Å². The molecule has 0 saturated heterocycles. The lowest BCUT2D eigenvalue weighted by molar-refractivity contribution is -0.117. The normalized spacial score (nSPS) is 10.6. The zero-order chi connectivity index (χ0) is 21.2. The number of halogens is 4. The van der Waals surface area contributed by atoms with E-state index in [1.54, 1.807) is 36.4 Å². The molecule has 0 atom stereocenters. The molecule has 156 valence electrons. The maximum Gasteiger partial charge on any atom is 0.224 e. The molecule has 0 aliphatic rings. The number of nitrogens with one attached hydrogen (secondary N) is 2. The Balaban J connectivity index is 1.54. The van der Waals surface area contributed by atoms with Gasteiger partial charge in [-0.2, -0.15) is 0 Å². The van der Waals surface area contributed by atoms with Crippen LogP contribution in [-0.2, 0) is 9.59 Å². The molecule has 0 saturated carbocycles. The number of benzene rings is 2. The van der Waals surface area contributed by atoms with Gasteiger partial charge in [0.05, 0.1) is 10.0 Å². The van der Waals surface area contributed by atoms with E-state index in [1.165, 1.54) is 0 Å². The smallest absolute Gasteiger partial charge is 0.224 e. The fourth-order valence-corrected chi connectivity index (χ4v) is 3.55. The Morgan fingerprint density at radius 1 is 0.690 bits per heavy atom. The van der Waals surface area contributed by atoms with Gasteiger partial charge in [-0.05, 0) is 81.1 Å². The number of amides is 2. The summed E-state index contributed by atoms with van der Waals surface area (Å²) in [4.78, 5) is 23.9. The number of carbonyl (C=O) groups excluding carboxylic acids is 2. The van der Waals surface area contributed by atoms with E-state index in [0.717, 1.165) is 41.0 Å². The van der Waals surface area contributed by atoms with Gasteiger partial charge in [0, 0.05) is 33.2 Å². The zero-order valence-corrected chi connectivity index (χ0v) is 20.4. The summed E-state index contributed by atoms with van der Waals surface area (Å²) in [6.07, 6.45) is 5.49. The van der Waals surface area contributed by atoms with Crippen molar-refractivity contribution in [3.8, 4) is 0 Å². The second-order valence-electron chi connectivity index (χ2n) is 6.62. The van der Waals surface area contributed by atoms with Crippen LogP contribution < -0.4 is 10.6 Å². The Bertz CT molecular complexity index is 793. The lowest BCUT2D eigenvalue weighted by Gasteiger charge is -2.07. The third-order valence-corrected chi connectivity index (χ3v) is 6.68. The minimum Gasteiger partial charge on any atom is -0.326 e. The fraction of sp³-hybridized carbons (Fsp3) is 0.333. The molecule has 2 amide bonds. The van der Waals surface area contributed by atoms with Crippen LogP contribution in [0.25, 0.3) is 0 Å². The van der Waals surface area contributed by atoms with Crippen LogP contribution in [0, 0.1) is 0 Å². The highest BCUT2D eigenvalue weighted by molar-refractivity contribution is 9.10. The van der Waals surface area contributed by atoms with Crippen LogP contribution in [-0.4, -0.2) is 11.8 Å². The molecule has 29 heavy (non-hydrogen) atoms. The van der Waals surface area contributed by atoms with Crippen LogP contribution in [0.4, 0.5) is 11.4 Å². The molecular weight excluding hydrogens is 543 g/mol. The van der Waals surface area contributed by atoms with E-state index < -0.39 is 0 Å². The molecule has 2 aromatic rings. The quantitative estimate of drug-likeness (QED) is 0.289. The van der Waals surface area contributed by atoms with Gasteiger partial charge >= 0.3 is 0 Å². The molecule has 0 aromatic heterocycles. The third kappa shape index (κ3) is 9.08. The van der Waals surface area contributed by atoms with Gasteiger partial charge in [0.1, 0.15) is 0 Å². The lowest BCUT2D eigenvalue weighted by Crippen LogP contribution is -2.11. The minimum absolute atomic E-state index is 0.0177. The summed E-state index contributed by atoms with van der Waals surface area (Å²) >= 11 is 18.7. The van der Waals surface area contributed by atoms with Gasteiger partial charge in [0.15, 0.2) is 0 Å². The molecular formula is C21H22Br2Cl2N2O2. The van der Waals surface area contributed by atoms with Gasteiger partial charge in [0.2, 0.25) is 11.8 Å². The molecule has 2 N–H and O–H groups in total. The van der Waals surface area contributed by atoms with Crippen LogP contribution in [0.5, 0.6) is 0 Å². The molecule has 0 spiro atoms. The highest BCUT2D eigenvalue weighted by atomic mass is 79.9. The predicted octanol–water partition coefficient (Wildman–Crippen LogP) is 7.83. The van der Waals surface area contributed by atoms with Gasteiger partial charge < -0.3 is 10.6 Å². The standard InChI is InChI=1S/C21H22Br2Cl2N2O2/c22-16-10-8-14(12-18(16)24)26-20(28)6-4-2-1-3-5-7-21(29)27-15-9-11-17(23)19(25)13-15/h8-13H,1-7H2,(H,26,28)(H,27,29). The molecule has 0 heterocycles. The molecule has 0 bridgehead atoms. The first-order valence-electron chi connectivity index (χ1n) is 9.35. The number of carbonyl (C=O) groups is 2. The summed E-state index contributed by atoms with van der Waals surface area (Å²) in [5.74, 6) is -0.0353. The van der Waals surface area contributed by atoms with E-state index >= 15 is 0 Å². The molecule has 0 fully saturated rings. The highest BCUT2D eigenvalue weighted by Gasteiger charge is 2.06. The summed E-state index contributed by atoms with van der Waals surface area (Å²) in [5.41, 5.74) is 1.39.